The van der Waals surface area contributed by atoms with Gasteiger partial charge >= 0.3 is 13.3 Å². The maximum Gasteiger partial charge on any atom is 0.490 e. The molecule has 120 valence electrons. The highest BCUT2D eigenvalue weighted by atomic mass is 19.4. The molecule has 9 heteroatoms. The Morgan fingerprint density at radius 2 is 1.96 bits per heavy atom. The van der Waals surface area contributed by atoms with E-state index >= 15 is 0 Å². The van der Waals surface area contributed by atoms with Crippen LogP contribution in [0.2, 0.25) is 0 Å². The number of benzene rings is 1. The number of pyridine rings is 1. The molecule has 0 aliphatic heterocycles. The Kier molecular flexibility index (Phi) is 5.02. The first kappa shape index (κ1) is 17.0. The third-order valence-electron chi connectivity index (χ3n) is 2.97. The second-order valence-corrected chi connectivity index (χ2v) is 4.77. The highest BCUT2D eigenvalue weighted by Gasteiger charge is 2.30. The normalized spacial score (nSPS) is 11.2. The Labute approximate surface area is 129 Å². The lowest BCUT2D eigenvalue weighted by atomic mass is 9.82. The summed E-state index contributed by atoms with van der Waals surface area (Å²) in [6.07, 6.45) is -3.53. The smallest absolute Gasteiger partial charge is 0.423 e. The number of carbonyl (C=O) groups excluding carboxylic acids is 1. The van der Waals surface area contributed by atoms with Crippen molar-refractivity contribution in [2.45, 2.75) is 12.6 Å². The van der Waals surface area contributed by atoms with Crippen LogP contribution < -0.4 is 10.8 Å². The molecule has 0 saturated carbocycles. The molecule has 1 heterocycles. The van der Waals surface area contributed by atoms with Gasteiger partial charge in [-0.3, -0.25) is 4.79 Å². The van der Waals surface area contributed by atoms with E-state index in [1.807, 2.05) is 0 Å². The number of aromatic nitrogens is 1. The van der Waals surface area contributed by atoms with Crippen molar-refractivity contribution in [3.8, 4) is 0 Å². The van der Waals surface area contributed by atoms with Gasteiger partial charge in [-0.05, 0) is 17.7 Å². The summed E-state index contributed by atoms with van der Waals surface area (Å²) in [5, 5.41) is 20.3. The van der Waals surface area contributed by atoms with E-state index in [1.54, 1.807) is 0 Å². The van der Waals surface area contributed by atoms with Gasteiger partial charge < -0.3 is 15.4 Å². The summed E-state index contributed by atoms with van der Waals surface area (Å²) >= 11 is 0. The lowest BCUT2D eigenvalue weighted by Gasteiger charge is -2.09. The van der Waals surface area contributed by atoms with Gasteiger partial charge in [0.15, 0.2) is 0 Å². The zero-order valence-electron chi connectivity index (χ0n) is 11.7. The van der Waals surface area contributed by atoms with Crippen LogP contribution in [0.4, 0.5) is 19.0 Å². The van der Waals surface area contributed by atoms with Crippen molar-refractivity contribution in [1.82, 2.24) is 4.98 Å². The first-order chi connectivity index (χ1) is 10.8. The number of rotatable bonds is 4. The van der Waals surface area contributed by atoms with Crippen molar-refractivity contribution in [2.75, 3.05) is 5.32 Å². The van der Waals surface area contributed by atoms with Crippen LogP contribution in [0.3, 0.4) is 0 Å². The predicted octanol–water partition coefficient (Wildman–Crippen LogP) is 0.961. The second-order valence-electron chi connectivity index (χ2n) is 4.77. The molecule has 2 rings (SSSR count). The predicted molar refractivity (Wildman–Crippen MR) is 77.8 cm³/mol. The number of nitrogens with zero attached hydrogens (tertiary/aromatic N) is 1. The monoisotopic (exact) mass is 324 g/mol. The summed E-state index contributed by atoms with van der Waals surface area (Å²) in [6.45, 7) is 0. The Balaban J connectivity index is 2.02. The molecule has 5 nitrogen and oxygen atoms in total. The molecule has 1 aromatic carbocycles. The van der Waals surface area contributed by atoms with Gasteiger partial charge in [0.1, 0.15) is 5.82 Å². The van der Waals surface area contributed by atoms with Gasteiger partial charge in [0.2, 0.25) is 5.91 Å². The zero-order valence-corrected chi connectivity index (χ0v) is 11.7. The molecule has 1 amide bonds. The van der Waals surface area contributed by atoms with Crippen LogP contribution in [0, 0.1) is 0 Å². The van der Waals surface area contributed by atoms with Crippen molar-refractivity contribution in [1.29, 1.82) is 0 Å². The Hall–Kier alpha value is -2.39. The molecule has 0 bridgehead atoms. The third-order valence-corrected chi connectivity index (χ3v) is 2.97. The van der Waals surface area contributed by atoms with Gasteiger partial charge in [-0.25, -0.2) is 4.98 Å². The van der Waals surface area contributed by atoms with E-state index in [9.17, 15) is 18.0 Å². The summed E-state index contributed by atoms with van der Waals surface area (Å²) in [5.74, 6) is -0.375. The van der Waals surface area contributed by atoms with Crippen molar-refractivity contribution in [3.63, 3.8) is 0 Å². The molecule has 0 saturated heterocycles. The number of amides is 1. The van der Waals surface area contributed by atoms with Gasteiger partial charge in [-0.2, -0.15) is 13.2 Å². The van der Waals surface area contributed by atoms with Gasteiger partial charge in [0.05, 0.1) is 12.0 Å². The number of hydrogen-bond acceptors (Lipinski definition) is 4. The fourth-order valence-electron chi connectivity index (χ4n) is 1.86. The molecule has 0 aliphatic rings. The van der Waals surface area contributed by atoms with Crippen LogP contribution in [0.1, 0.15) is 11.1 Å². The molecule has 0 unspecified atom stereocenters. The number of carbonyl (C=O) groups is 1. The molecule has 0 fully saturated rings. The van der Waals surface area contributed by atoms with Crippen LogP contribution in [-0.4, -0.2) is 28.1 Å². The standard InChI is InChI=1S/C14H12BF3N2O3/c16-14(17,18)10-3-1-2-9(6-10)7-13(21)20-12-5-4-11(8-19-12)15(22)23/h1-6,8,22-23H,7H2,(H,19,20,21). The summed E-state index contributed by atoms with van der Waals surface area (Å²) in [4.78, 5) is 15.6. The van der Waals surface area contributed by atoms with Crippen LogP contribution in [0.5, 0.6) is 0 Å². The van der Waals surface area contributed by atoms with E-state index in [1.165, 1.54) is 30.5 Å². The van der Waals surface area contributed by atoms with E-state index < -0.39 is 24.8 Å². The lowest BCUT2D eigenvalue weighted by molar-refractivity contribution is -0.137. The molecule has 1 aromatic heterocycles. The van der Waals surface area contributed by atoms with Crippen LogP contribution in [0.25, 0.3) is 0 Å². The summed E-state index contributed by atoms with van der Waals surface area (Å²) in [6, 6.07) is 7.23. The SMILES string of the molecule is O=C(Cc1cccc(C(F)(F)F)c1)Nc1ccc(B(O)O)cn1. The van der Waals surface area contributed by atoms with E-state index in [4.69, 9.17) is 10.0 Å². The second kappa shape index (κ2) is 6.80. The van der Waals surface area contributed by atoms with Crippen molar-refractivity contribution >= 4 is 24.3 Å². The number of hydrogen-bond donors (Lipinski definition) is 3. The first-order valence-corrected chi connectivity index (χ1v) is 6.54. The molecule has 23 heavy (non-hydrogen) atoms. The minimum atomic E-state index is -4.46. The fraction of sp³-hybridized carbons (Fsp3) is 0.143. The molecule has 0 aliphatic carbocycles. The fourth-order valence-corrected chi connectivity index (χ4v) is 1.86. The molecular weight excluding hydrogens is 312 g/mol. The van der Waals surface area contributed by atoms with Crippen molar-refractivity contribution < 1.29 is 28.0 Å². The van der Waals surface area contributed by atoms with Gasteiger partial charge in [-0.1, -0.05) is 24.3 Å². The molecule has 0 spiro atoms. The van der Waals surface area contributed by atoms with E-state index in [2.05, 4.69) is 10.3 Å². The average molecular weight is 324 g/mol. The summed E-state index contributed by atoms with van der Waals surface area (Å²) < 4.78 is 37.8. The largest absolute Gasteiger partial charge is 0.490 e. The van der Waals surface area contributed by atoms with Gasteiger partial charge in [0.25, 0.3) is 0 Å². The highest BCUT2D eigenvalue weighted by molar-refractivity contribution is 6.58. The van der Waals surface area contributed by atoms with Crippen LogP contribution in [-0.2, 0) is 17.4 Å². The summed E-state index contributed by atoms with van der Waals surface area (Å²) in [7, 11) is -1.67. The van der Waals surface area contributed by atoms with E-state index in [0.29, 0.717) is 0 Å². The zero-order chi connectivity index (χ0) is 17.0. The Bertz CT molecular complexity index is 690. The maximum absolute atomic E-state index is 12.6. The van der Waals surface area contributed by atoms with E-state index in [-0.39, 0.29) is 23.3 Å². The number of alkyl halides is 3. The third kappa shape index (κ3) is 4.80. The topological polar surface area (TPSA) is 82.5 Å². The molecule has 3 N–H and O–H groups in total. The molecule has 2 aromatic rings. The molecule has 0 radical (unpaired) electrons. The van der Waals surface area contributed by atoms with E-state index in [0.717, 1.165) is 12.1 Å². The Morgan fingerprint density at radius 1 is 1.22 bits per heavy atom. The highest BCUT2D eigenvalue weighted by Crippen LogP contribution is 2.29. The van der Waals surface area contributed by atoms with Gasteiger partial charge in [-0.15, -0.1) is 0 Å². The molecule has 0 atom stereocenters. The Morgan fingerprint density at radius 3 is 2.52 bits per heavy atom. The maximum atomic E-state index is 12.6. The first-order valence-electron chi connectivity index (χ1n) is 6.54. The number of nitrogens with one attached hydrogen (secondary N) is 1. The van der Waals surface area contributed by atoms with Crippen molar-refractivity contribution in [2.24, 2.45) is 0 Å². The minimum Gasteiger partial charge on any atom is -0.423 e. The molecular formula is C14H12BF3N2O3. The quantitative estimate of drug-likeness (QED) is 0.732. The number of halogens is 3. The summed E-state index contributed by atoms with van der Waals surface area (Å²) in [5.41, 5.74) is -0.442. The number of anilines is 1. The van der Waals surface area contributed by atoms with Crippen LogP contribution >= 0.6 is 0 Å². The lowest BCUT2D eigenvalue weighted by Crippen LogP contribution is -2.30. The average Bonchev–Trinajstić information content (AvgIpc) is 2.47. The van der Waals surface area contributed by atoms with Crippen LogP contribution in [0.15, 0.2) is 42.6 Å². The van der Waals surface area contributed by atoms with Crippen molar-refractivity contribution in [3.05, 3.63) is 53.7 Å². The minimum absolute atomic E-state index is 0.154. The van der Waals surface area contributed by atoms with Gasteiger partial charge in [0, 0.05) is 11.7 Å².